The number of piperazine rings is 1. The fraction of sp³-hybridized carbons (Fsp3) is 0.508. The number of likely N-dealkylation sites (N-methyl/N-ethyl adjacent to an activating group) is 1. The molecule has 4 aliphatic rings. The lowest BCUT2D eigenvalue weighted by Gasteiger charge is -2.31. The van der Waals surface area contributed by atoms with Crippen molar-refractivity contribution in [1.82, 2.24) is 45.9 Å². The number of benzene rings is 3. The maximum Gasteiger partial charge on any atom is 0.415 e. The number of amides is 10. The lowest BCUT2D eigenvalue weighted by molar-refractivity contribution is -0.140. The predicted octanol–water partition coefficient (Wildman–Crippen LogP) is 5.39. The van der Waals surface area contributed by atoms with Gasteiger partial charge in [0.2, 0.25) is 35.4 Å². The van der Waals surface area contributed by atoms with Crippen molar-refractivity contribution >= 4 is 104 Å². The van der Waals surface area contributed by atoms with Gasteiger partial charge >= 0.3 is 6.09 Å². The molecule has 0 saturated carbocycles. The van der Waals surface area contributed by atoms with Gasteiger partial charge in [-0.2, -0.15) is 0 Å². The van der Waals surface area contributed by atoms with Crippen molar-refractivity contribution in [2.24, 2.45) is 17.8 Å². The van der Waals surface area contributed by atoms with Crippen molar-refractivity contribution in [1.29, 1.82) is 0 Å². The number of fused-ring (bicyclic) bond motifs is 4. The largest absolute Gasteiger partial charge is 0.415 e. The average Bonchev–Trinajstić information content (AvgIpc) is 2.09. The van der Waals surface area contributed by atoms with Crippen LogP contribution in [-0.2, 0) is 38.4 Å². The maximum atomic E-state index is 14.6. The Morgan fingerprint density at radius 1 is 0.738 bits per heavy atom. The molecule has 3 aromatic carbocycles. The summed E-state index contributed by atoms with van der Waals surface area (Å²) in [5.74, 6) is -4.20. The number of anilines is 2. The maximum absolute atomic E-state index is 14.6. The number of alkyl halides is 1. The van der Waals surface area contributed by atoms with Crippen molar-refractivity contribution in [3.05, 3.63) is 78.0 Å². The molecule has 84 heavy (non-hydrogen) atoms. The standard InChI is InChI=1S/C61H78ClN11O11/c1-35(2)26-44(68-59(81)48-14-10-20-71(48)52(75)15-11-21-72-53(76)18-19-54(72)77)56(78)63-33-51(74)66-45(27-36(3)4)58(80)67-46(28-37(5)6)57(79)64-40-16-17-43-38(29-40)30-47(65-43)60(82)73-34-39(32-62)55-42-13-9-8-12-41(42)50(31-49(55)73)84-61(83)70-24-22-69(7)23-25-70/h8-9,12-13,16-19,29-31,35-37,39,44-46,48,65H,10-11,14-15,20-28,32-34H2,1-7H3,(H,63,78)(H,64,79)(H,66,74)(H,67,80)(H,68,81)/t39-,44+,45+,46+,48+/m1/s1. The number of likely N-dealkylation sites (tertiary alicyclic amines) is 1. The molecule has 10 amide bonds. The zero-order valence-corrected chi connectivity index (χ0v) is 49.6. The van der Waals surface area contributed by atoms with Crippen LogP contribution in [0, 0.1) is 17.8 Å². The van der Waals surface area contributed by atoms with Crippen molar-refractivity contribution in [2.75, 3.05) is 75.5 Å². The number of ether oxygens (including phenoxy) is 1. The minimum atomic E-state index is -1.08. The van der Waals surface area contributed by atoms with Crippen molar-refractivity contribution in [3.8, 4) is 5.75 Å². The number of nitrogens with one attached hydrogen (secondary N) is 6. The number of H-pyrrole nitrogens is 1. The van der Waals surface area contributed by atoms with Gasteiger partial charge in [-0.1, -0.05) is 65.8 Å². The van der Waals surface area contributed by atoms with E-state index in [9.17, 15) is 47.9 Å². The summed E-state index contributed by atoms with van der Waals surface area (Å²) in [6.45, 7) is 14.0. The molecule has 22 nitrogen and oxygen atoms in total. The van der Waals surface area contributed by atoms with Crippen LogP contribution in [0.4, 0.5) is 16.2 Å². The molecule has 4 aromatic rings. The molecule has 6 N–H and O–H groups in total. The molecular formula is C61H78ClN11O11. The number of imide groups is 1. The van der Waals surface area contributed by atoms with Gasteiger partial charge in [0.05, 0.1) is 12.2 Å². The first-order valence-corrected chi connectivity index (χ1v) is 29.7. The molecule has 2 saturated heterocycles. The monoisotopic (exact) mass is 1180 g/mol. The number of rotatable bonds is 23. The molecule has 5 atom stereocenters. The third-order valence-electron chi connectivity index (χ3n) is 15.6. The van der Waals surface area contributed by atoms with Crippen LogP contribution in [0.15, 0.2) is 66.7 Å². The molecule has 450 valence electrons. The smallest absolute Gasteiger partial charge is 0.409 e. The fourth-order valence-corrected chi connectivity index (χ4v) is 11.6. The summed E-state index contributed by atoms with van der Waals surface area (Å²) < 4.78 is 6.07. The van der Waals surface area contributed by atoms with Gasteiger partial charge in [-0.05, 0) is 98.5 Å². The summed E-state index contributed by atoms with van der Waals surface area (Å²) in [6.07, 6.45) is 3.77. The molecule has 4 aliphatic heterocycles. The number of carbonyl (C=O) groups excluding carboxylic acids is 10. The van der Waals surface area contributed by atoms with E-state index in [0.717, 1.165) is 34.3 Å². The number of aromatic amines is 1. The van der Waals surface area contributed by atoms with E-state index in [0.29, 0.717) is 67.0 Å². The molecule has 23 heteroatoms. The van der Waals surface area contributed by atoms with E-state index in [-0.39, 0.29) is 85.7 Å². The normalized spacial score (nSPS) is 18.2. The summed E-state index contributed by atoms with van der Waals surface area (Å²) in [6, 6.07) is 12.3. The van der Waals surface area contributed by atoms with Gasteiger partial charge < -0.3 is 55.9 Å². The Morgan fingerprint density at radius 3 is 2.04 bits per heavy atom. The first-order chi connectivity index (χ1) is 40.1. The summed E-state index contributed by atoms with van der Waals surface area (Å²) in [5, 5.41) is 16.1. The number of hydrogen-bond acceptors (Lipinski definition) is 12. The van der Waals surface area contributed by atoms with Crippen LogP contribution in [0.3, 0.4) is 0 Å². The zero-order valence-electron chi connectivity index (χ0n) is 48.9. The van der Waals surface area contributed by atoms with E-state index in [2.05, 4.69) is 36.5 Å². The average molecular weight is 1180 g/mol. The second-order valence-corrected chi connectivity index (χ2v) is 23.9. The predicted molar refractivity (Wildman–Crippen MR) is 318 cm³/mol. The van der Waals surface area contributed by atoms with E-state index in [1.165, 1.54) is 17.1 Å². The molecule has 0 aliphatic carbocycles. The van der Waals surface area contributed by atoms with Crippen molar-refractivity contribution in [3.63, 3.8) is 0 Å². The van der Waals surface area contributed by atoms with Gasteiger partial charge in [-0.25, -0.2) is 4.79 Å². The third-order valence-corrected chi connectivity index (χ3v) is 16.0. The molecule has 0 bridgehead atoms. The molecule has 0 radical (unpaired) electrons. The molecule has 5 heterocycles. The topological polar surface area (TPSA) is 272 Å². The Kier molecular flexibility index (Phi) is 20.5. The molecule has 1 aromatic heterocycles. The van der Waals surface area contributed by atoms with E-state index in [1.54, 1.807) is 40.1 Å². The number of hydrogen-bond donors (Lipinski definition) is 6. The highest BCUT2D eigenvalue weighted by Crippen LogP contribution is 2.46. The lowest BCUT2D eigenvalue weighted by Crippen LogP contribution is -2.56. The van der Waals surface area contributed by atoms with Crippen molar-refractivity contribution < 1.29 is 52.7 Å². The van der Waals surface area contributed by atoms with Crippen LogP contribution >= 0.6 is 11.6 Å². The minimum Gasteiger partial charge on any atom is -0.409 e. The first-order valence-electron chi connectivity index (χ1n) is 29.1. The highest BCUT2D eigenvalue weighted by molar-refractivity contribution is 6.19. The highest BCUT2D eigenvalue weighted by Gasteiger charge is 2.39. The quantitative estimate of drug-likeness (QED) is 0.0403. The van der Waals surface area contributed by atoms with Gasteiger partial charge in [-0.3, -0.25) is 48.1 Å². The fourth-order valence-electron chi connectivity index (χ4n) is 11.4. The Morgan fingerprint density at radius 2 is 1.38 bits per heavy atom. The Labute approximate surface area is 494 Å². The van der Waals surface area contributed by atoms with Gasteiger partial charge in [0.25, 0.3) is 17.7 Å². The highest BCUT2D eigenvalue weighted by atomic mass is 35.5. The van der Waals surface area contributed by atoms with E-state index < -0.39 is 78.2 Å². The molecule has 0 spiro atoms. The number of carbonyl (C=O) groups is 10. The first kappa shape index (κ1) is 62.2. The van der Waals surface area contributed by atoms with Gasteiger partial charge in [0.1, 0.15) is 35.6 Å². The van der Waals surface area contributed by atoms with Crippen LogP contribution in [0.25, 0.3) is 21.7 Å². The number of halogens is 1. The molecule has 0 unspecified atom stereocenters. The molecule has 8 rings (SSSR count). The minimum absolute atomic E-state index is 0.0144. The van der Waals surface area contributed by atoms with E-state index in [4.69, 9.17) is 16.3 Å². The van der Waals surface area contributed by atoms with E-state index in [1.807, 2.05) is 72.9 Å². The lowest BCUT2D eigenvalue weighted by atomic mass is 9.95. The van der Waals surface area contributed by atoms with Gasteiger partial charge in [0, 0.05) is 104 Å². The van der Waals surface area contributed by atoms with E-state index >= 15 is 0 Å². The van der Waals surface area contributed by atoms with Crippen LogP contribution in [-0.4, -0.2) is 173 Å². The Bertz CT molecular complexity index is 3190. The Hall–Kier alpha value is -7.85. The zero-order chi connectivity index (χ0) is 60.5. The van der Waals surface area contributed by atoms with Crippen LogP contribution < -0.4 is 36.2 Å². The summed E-state index contributed by atoms with van der Waals surface area (Å²) in [4.78, 5) is 145. The van der Waals surface area contributed by atoms with Gasteiger partial charge in [-0.15, -0.1) is 11.6 Å². The van der Waals surface area contributed by atoms with Gasteiger partial charge in [0.15, 0.2) is 0 Å². The Balaban J connectivity index is 0.882. The number of nitrogens with zero attached hydrogens (tertiary/aromatic N) is 5. The van der Waals surface area contributed by atoms with Crippen LogP contribution in [0.1, 0.15) is 108 Å². The van der Waals surface area contributed by atoms with Crippen molar-refractivity contribution in [2.45, 2.75) is 117 Å². The summed E-state index contributed by atoms with van der Waals surface area (Å²) in [5.41, 5.74) is 2.80. The van der Waals surface area contributed by atoms with Crippen LogP contribution in [0.5, 0.6) is 5.75 Å². The summed E-state index contributed by atoms with van der Waals surface area (Å²) in [7, 11) is 2.01. The number of aromatic nitrogens is 1. The molecule has 2 fully saturated rings. The second kappa shape index (κ2) is 27.7. The van der Waals surface area contributed by atoms with Crippen LogP contribution in [0.2, 0.25) is 0 Å². The SMILES string of the molecule is CC(C)C[C@H](NC(=O)CNC(=O)[C@H](CC(C)C)NC(=O)[C@@H]1CCCN1C(=O)CCCN1C(=O)C=CC1=O)C(=O)N[C@@H](CC(C)C)C(=O)Nc1ccc2[nH]c(C(=O)N3C[C@@H](CCl)c4c3cc(OC(=O)N3CCN(C)CC3)c3ccccc43)cc2c1. The summed E-state index contributed by atoms with van der Waals surface area (Å²) >= 11 is 6.59. The molecular weight excluding hydrogens is 1100 g/mol. The third kappa shape index (κ3) is 15.1. The second-order valence-electron chi connectivity index (χ2n) is 23.6.